The van der Waals surface area contributed by atoms with E-state index in [-0.39, 0.29) is 0 Å². The van der Waals surface area contributed by atoms with Crippen LogP contribution >= 0.6 is 0 Å². The van der Waals surface area contributed by atoms with Gasteiger partial charge in [-0.1, -0.05) is 47.6 Å². The highest BCUT2D eigenvalue weighted by Crippen LogP contribution is 2.11. The third kappa shape index (κ3) is 4.28. The van der Waals surface area contributed by atoms with Gasteiger partial charge in [0.05, 0.1) is 12.4 Å². The van der Waals surface area contributed by atoms with Crippen molar-refractivity contribution in [1.29, 1.82) is 0 Å². The minimum Gasteiger partial charge on any atom is -0.411 e. The number of anilines is 1. The summed E-state index contributed by atoms with van der Waals surface area (Å²) in [6.07, 6.45) is 2.93. The van der Waals surface area contributed by atoms with Gasteiger partial charge in [0.15, 0.2) is 0 Å². The Morgan fingerprint density at radius 2 is 1.68 bits per heavy atom. The lowest BCUT2D eigenvalue weighted by Gasteiger charge is -2.11. The van der Waals surface area contributed by atoms with Gasteiger partial charge in [-0.05, 0) is 17.7 Å². The van der Waals surface area contributed by atoms with Crippen molar-refractivity contribution in [3.05, 3.63) is 65.7 Å². The Kier molecular flexibility index (Phi) is 5.43. The molecule has 2 rings (SSSR count). The zero-order chi connectivity index (χ0) is 15.8. The van der Waals surface area contributed by atoms with E-state index in [4.69, 9.17) is 5.21 Å². The van der Waals surface area contributed by atoms with Crippen LogP contribution in [0.4, 0.5) is 5.69 Å². The highest BCUT2D eigenvalue weighted by molar-refractivity contribution is 6.38. The van der Waals surface area contributed by atoms with Crippen LogP contribution in [0.25, 0.3) is 0 Å². The van der Waals surface area contributed by atoms with Gasteiger partial charge in [0.2, 0.25) is 0 Å². The van der Waals surface area contributed by atoms with Gasteiger partial charge < -0.3 is 10.1 Å². The van der Waals surface area contributed by atoms with Gasteiger partial charge >= 0.3 is 0 Å². The Labute approximate surface area is 129 Å². The lowest BCUT2D eigenvalue weighted by molar-refractivity contribution is 0.322. The van der Waals surface area contributed by atoms with E-state index < -0.39 is 0 Å². The van der Waals surface area contributed by atoms with E-state index in [2.05, 4.69) is 15.4 Å². The molecule has 0 amide bonds. The van der Waals surface area contributed by atoms with Crippen molar-refractivity contribution in [2.45, 2.75) is 0 Å². The average Bonchev–Trinajstić information content (AvgIpc) is 2.55. The van der Waals surface area contributed by atoms with Crippen LogP contribution in [-0.4, -0.2) is 37.4 Å². The molecule has 0 unspecified atom stereocenters. The Morgan fingerprint density at radius 3 is 2.27 bits per heavy atom. The van der Waals surface area contributed by atoms with Crippen LogP contribution in [0.15, 0.2) is 70.0 Å². The number of nitrogens with zero attached hydrogens (tertiary/aromatic N) is 4. The minimum atomic E-state index is 0.490. The Bertz CT molecular complexity index is 674. The predicted molar refractivity (Wildman–Crippen MR) is 91.6 cm³/mol. The first-order chi connectivity index (χ1) is 10.7. The fourth-order valence-electron chi connectivity index (χ4n) is 1.84. The van der Waals surface area contributed by atoms with Crippen LogP contribution in [-0.2, 0) is 0 Å². The summed E-state index contributed by atoms with van der Waals surface area (Å²) in [6, 6.07) is 17.4. The minimum absolute atomic E-state index is 0.490. The molecule has 0 spiro atoms. The van der Waals surface area contributed by atoms with Gasteiger partial charge in [-0.15, -0.1) is 5.10 Å². The second kappa shape index (κ2) is 7.73. The topological polar surface area (TPSA) is 60.5 Å². The standard InChI is InChI=1S/C17H18N4O/c1-21(2)16-10-8-14(9-11-16)12-18-20-17(13-19-22)15-6-4-3-5-7-15/h3-13,22H,1-2H3/b18-12+,19-13+,20-17+. The quantitative estimate of drug-likeness (QED) is 0.523. The molecule has 2 aromatic carbocycles. The highest BCUT2D eigenvalue weighted by Gasteiger charge is 1.99. The van der Waals surface area contributed by atoms with Crippen LogP contribution in [0.5, 0.6) is 0 Å². The molecular formula is C17H18N4O. The maximum absolute atomic E-state index is 8.73. The van der Waals surface area contributed by atoms with Crippen LogP contribution in [0.1, 0.15) is 11.1 Å². The van der Waals surface area contributed by atoms with E-state index in [0.29, 0.717) is 5.71 Å². The largest absolute Gasteiger partial charge is 0.411 e. The zero-order valence-electron chi connectivity index (χ0n) is 12.6. The second-order valence-corrected chi connectivity index (χ2v) is 4.83. The SMILES string of the molecule is CN(C)c1ccc(/C=N/N=C(\C=N\O)c2ccccc2)cc1. The molecule has 0 atom stereocenters. The van der Waals surface area contributed by atoms with E-state index in [9.17, 15) is 0 Å². The summed E-state index contributed by atoms with van der Waals surface area (Å²) in [7, 11) is 3.99. The van der Waals surface area contributed by atoms with Crippen LogP contribution < -0.4 is 4.90 Å². The number of hydrogen-bond donors (Lipinski definition) is 1. The summed E-state index contributed by atoms with van der Waals surface area (Å²) in [5.41, 5.74) is 3.39. The lowest BCUT2D eigenvalue weighted by Crippen LogP contribution is -2.08. The molecule has 112 valence electrons. The van der Waals surface area contributed by atoms with Gasteiger partial charge in [-0.25, -0.2) is 0 Å². The number of oxime groups is 1. The van der Waals surface area contributed by atoms with Gasteiger partial charge in [0.25, 0.3) is 0 Å². The summed E-state index contributed by atoms with van der Waals surface area (Å²) >= 11 is 0. The Morgan fingerprint density at radius 1 is 1.00 bits per heavy atom. The van der Waals surface area contributed by atoms with Crippen molar-refractivity contribution in [2.75, 3.05) is 19.0 Å². The number of rotatable bonds is 5. The van der Waals surface area contributed by atoms with E-state index in [0.717, 1.165) is 16.8 Å². The van der Waals surface area contributed by atoms with Crippen LogP contribution in [0.3, 0.4) is 0 Å². The van der Waals surface area contributed by atoms with Crippen molar-refractivity contribution >= 4 is 23.8 Å². The molecule has 22 heavy (non-hydrogen) atoms. The lowest BCUT2D eigenvalue weighted by atomic mass is 10.1. The molecule has 0 saturated carbocycles. The predicted octanol–water partition coefficient (Wildman–Crippen LogP) is 3.04. The van der Waals surface area contributed by atoms with Gasteiger partial charge in [-0.2, -0.15) is 5.10 Å². The van der Waals surface area contributed by atoms with Gasteiger partial charge in [0.1, 0.15) is 5.71 Å². The molecule has 1 N–H and O–H groups in total. The number of hydrogen-bond acceptors (Lipinski definition) is 5. The van der Waals surface area contributed by atoms with Crippen LogP contribution in [0, 0.1) is 0 Å². The summed E-state index contributed by atoms with van der Waals surface area (Å²) < 4.78 is 0. The smallest absolute Gasteiger partial charge is 0.114 e. The normalized spacial score (nSPS) is 12.2. The Balaban J connectivity index is 2.16. The van der Waals surface area contributed by atoms with Crippen LogP contribution in [0.2, 0.25) is 0 Å². The summed E-state index contributed by atoms with van der Waals surface area (Å²) in [5, 5.41) is 19.9. The molecule has 0 aliphatic heterocycles. The van der Waals surface area contributed by atoms with Crippen molar-refractivity contribution < 1.29 is 5.21 Å². The first-order valence-corrected chi connectivity index (χ1v) is 6.82. The molecule has 5 heteroatoms. The monoisotopic (exact) mass is 294 g/mol. The molecule has 0 bridgehead atoms. The summed E-state index contributed by atoms with van der Waals surface area (Å²) in [5.74, 6) is 0. The fraction of sp³-hybridized carbons (Fsp3) is 0.118. The summed E-state index contributed by atoms with van der Waals surface area (Å²) in [6.45, 7) is 0. The zero-order valence-corrected chi connectivity index (χ0v) is 12.6. The number of benzene rings is 2. The third-order valence-corrected chi connectivity index (χ3v) is 3.03. The van der Waals surface area contributed by atoms with Crippen molar-refractivity contribution in [2.24, 2.45) is 15.4 Å². The van der Waals surface area contributed by atoms with E-state index in [1.54, 1.807) is 6.21 Å². The molecule has 0 heterocycles. The second-order valence-electron chi connectivity index (χ2n) is 4.83. The molecule has 0 aliphatic rings. The van der Waals surface area contributed by atoms with Crippen molar-refractivity contribution in [3.63, 3.8) is 0 Å². The molecule has 2 aromatic rings. The molecule has 0 aromatic heterocycles. The van der Waals surface area contributed by atoms with E-state index in [1.807, 2.05) is 73.6 Å². The van der Waals surface area contributed by atoms with Crippen molar-refractivity contribution in [1.82, 2.24) is 0 Å². The Hall–Kier alpha value is -2.95. The third-order valence-electron chi connectivity index (χ3n) is 3.03. The van der Waals surface area contributed by atoms with Crippen molar-refractivity contribution in [3.8, 4) is 0 Å². The first kappa shape index (κ1) is 15.4. The molecule has 5 nitrogen and oxygen atoms in total. The first-order valence-electron chi connectivity index (χ1n) is 6.82. The molecule has 0 fully saturated rings. The maximum Gasteiger partial charge on any atom is 0.114 e. The van der Waals surface area contributed by atoms with E-state index in [1.165, 1.54) is 6.21 Å². The van der Waals surface area contributed by atoms with E-state index >= 15 is 0 Å². The van der Waals surface area contributed by atoms with Gasteiger partial charge in [-0.3, -0.25) is 0 Å². The maximum atomic E-state index is 8.73. The highest BCUT2D eigenvalue weighted by atomic mass is 16.4. The average molecular weight is 294 g/mol. The molecule has 0 radical (unpaired) electrons. The molecular weight excluding hydrogens is 276 g/mol. The molecule has 0 aliphatic carbocycles. The summed E-state index contributed by atoms with van der Waals surface area (Å²) in [4.78, 5) is 2.03. The van der Waals surface area contributed by atoms with Gasteiger partial charge in [0, 0.05) is 25.3 Å². The molecule has 0 saturated heterocycles. The fourth-order valence-corrected chi connectivity index (χ4v) is 1.84.